The van der Waals surface area contributed by atoms with Crippen molar-refractivity contribution in [3.8, 4) is 5.75 Å². The summed E-state index contributed by atoms with van der Waals surface area (Å²) in [4.78, 5) is 43.7. The van der Waals surface area contributed by atoms with Gasteiger partial charge in [0.15, 0.2) is 0 Å². The number of hydrogen-bond donors (Lipinski definition) is 4. The number of ether oxygens (including phenoxy) is 1. The minimum absolute atomic E-state index is 0.0454. The van der Waals surface area contributed by atoms with Crippen molar-refractivity contribution in [3.05, 3.63) is 88.6 Å². The number of carbonyl (C=O) groups excluding carboxylic acids is 2. The Morgan fingerprint density at radius 3 is 2.48 bits per heavy atom. The van der Waals surface area contributed by atoms with Crippen molar-refractivity contribution in [3.63, 3.8) is 0 Å². The van der Waals surface area contributed by atoms with Crippen LogP contribution in [0.1, 0.15) is 53.9 Å². The first-order valence-corrected chi connectivity index (χ1v) is 22.7. The molecular formula is C46H56F2N10O3S. The van der Waals surface area contributed by atoms with E-state index in [2.05, 4.69) is 83.5 Å². The molecule has 1 unspecified atom stereocenters. The average molecular weight is 867 g/mol. The number of H-pyrrole nitrogens is 1. The summed E-state index contributed by atoms with van der Waals surface area (Å²) >= 11 is 1.73. The van der Waals surface area contributed by atoms with Crippen molar-refractivity contribution in [2.45, 2.75) is 57.4 Å². The summed E-state index contributed by atoms with van der Waals surface area (Å²) in [5, 5.41) is 10.5. The largest absolute Gasteiger partial charge is 0.494 e. The van der Waals surface area contributed by atoms with Crippen LogP contribution in [0.3, 0.4) is 0 Å². The quantitative estimate of drug-likeness (QED) is 0.0586. The van der Waals surface area contributed by atoms with E-state index in [-0.39, 0.29) is 18.4 Å². The number of fused-ring (bicyclic) bond motifs is 2. The maximum atomic E-state index is 15.2. The molecule has 5 heterocycles. The first-order chi connectivity index (χ1) is 30.2. The molecule has 1 atom stereocenters. The summed E-state index contributed by atoms with van der Waals surface area (Å²) in [6.07, 6.45) is 8.36. The average Bonchev–Trinajstić information content (AvgIpc) is 3.95. The van der Waals surface area contributed by atoms with Gasteiger partial charge in [0, 0.05) is 102 Å². The first kappa shape index (κ1) is 43.2. The normalized spacial score (nSPS) is 16.7. The van der Waals surface area contributed by atoms with Crippen molar-refractivity contribution >= 4 is 69.7 Å². The number of anilines is 6. The molecule has 13 nitrogen and oxygen atoms in total. The molecule has 3 aromatic carbocycles. The summed E-state index contributed by atoms with van der Waals surface area (Å²) in [5.41, 5.74) is 7.63. The van der Waals surface area contributed by atoms with Gasteiger partial charge >= 0.3 is 0 Å². The highest BCUT2D eigenvalue weighted by molar-refractivity contribution is 8.00. The molecular weight excluding hydrogens is 811 g/mol. The molecule has 0 saturated carbocycles. The topological polar surface area (TPSA) is 134 Å². The molecule has 3 aliphatic heterocycles. The number of hydrogen-bond acceptors (Lipinski definition) is 12. The molecule has 4 N–H and O–H groups in total. The van der Waals surface area contributed by atoms with E-state index in [0.717, 1.165) is 105 Å². The van der Waals surface area contributed by atoms with E-state index in [0.29, 0.717) is 42.6 Å². The summed E-state index contributed by atoms with van der Waals surface area (Å²) in [6, 6.07) is 15.8. The number of carbonyl (C=O) groups is 2. The van der Waals surface area contributed by atoms with Crippen molar-refractivity contribution in [1.29, 1.82) is 0 Å². The molecule has 62 heavy (non-hydrogen) atoms. The Morgan fingerprint density at radius 2 is 1.77 bits per heavy atom. The fraction of sp³-hybridized carbons (Fsp3) is 0.435. The fourth-order valence-electron chi connectivity index (χ4n) is 9.37. The predicted molar refractivity (Wildman–Crippen MR) is 245 cm³/mol. The van der Waals surface area contributed by atoms with Crippen LogP contribution in [0.5, 0.6) is 5.75 Å². The number of nitrogens with zero attached hydrogens (tertiary/aromatic N) is 6. The van der Waals surface area contributed by atoms with Gasteiger partial charge in [-0.2, -0.15) is 9.97 Å². The number of piperidine rings is 1. The molecule has 1 amide bonds. The monoisotopic (exact) mass is 866 g/mol. The third-order valence-electron chi connectivity index (χ3n) is 12.7. The van der Waals surface area contributed by atoms with Gasteiger partial charge in [-0.1, -0.05) is 24.1 Å². The number of piperazine rings is 1. The smallest absolute Gasteiger partial charge is 0.231 e. The number of aromatic amines is 1. The predicted octanol–water partition coefficient (Wildman–Crippen LogP) is 7.32. The SMILES string of the molecule is CNC(=O)C(CCC=O)c1c(F)cc(CCN2CCN(C3CCN(c4cc(OC)c(Nc5nc(Nc6cccc7c6N(SC)CC7)c6cc[nH]c6n5)cc4C)CC3)CC2)cc1F. The fourth-order valence-corrected chi connectivity index (χ4v) is 10.0. The molecule has 0 radical (unpaired) electrons. The lowest BCUT2D eigenvalue weighted by molar-refractivity contribution is -0.122. The highest BCUT2D eigenvalue weighted by atomic mass is 32.2. The molecule has 3 aliphatic rings. The van der Waals surface area contributed by atoms with Gasteiger partial charge in [0.25, 0.3) is 0 Å². The zero-order chi connectivity index (χ0) is 43.3. The summed E-state index contributed by atoms with van der Waals surface area (Å²) in [7, 11) is 3.11. The Balaban J connectivity index is 0.860. The first-order valence-electron chi connectivity index (χ1n) is 21.5. The highest BCUT2D eigenvalue weighted by Crippen LogP contribution is 2.41. The van der Waals surface area contributed by atoms with Gasteiger partial charge in [-0.15, -0.1) is 0 Å². The number of aromatic nitrogens is 3. The number of likely N-dealkylation sites (N-methyl/N-ethyl adjacent to an activating group) is 1. The number of aldehydes is 1. The molecule has 0 spiro atoms. The molecule has 5 aromatic rings. The maximum Gasteiger partial charge on any atom is 0.231 e. The molecule has 0 aliphatic carbocycles. The van der Waals surface area contributed by atoms with Crippen LogP contribution in [0.25, 0.3) is 11.0 Å². The number of amides is 1. The second-order valence-corrected chi connectivity index (χ2v) is 17.1. The molecule has 2 fully saturated rings. The summed E-state index contributed by atoms with van der Waals surface area (Å²) < 4.78 is 38.7. The summed E-state index contributed by atoms with van der Waals surface area (Å²) in [6.45, 7) is 9.34. The molecule has 0 bridgehead atoms. The van der Waals surface area contributed by atoms with Crippen molar-refractivity contribution < 1.29 is 23.1 Å². The molecule has 8 rings (SSSR count). The van der Waals surface area contributed by atoms with E-state index in [9.17, 15) is 9.59 Å². The standard InChI is InChI=1S/C46H56F2N10O3S/c1-29-25-38(52-46-53-43-34(10-15-50-43)44(54-46)51-37-9-5-7-31-12-19-58(62-4)42(31)37)40(61-3)28-39(29)57-17-13-32(14-18-57)56-22-20-55(21-23-56)16-11-30-26-35(47)41(36(48)27-30)33(8-6-24-59)45(60)49-2/h5,7,9-10,15,24-28,32-33H,6,8,11-14,16-23H2,1-4H3,(H,49,60)(H3,50,51,52,53,54). The van der Waals surface area contributed by atoms with E-state index in [4.69, 9.17) is 14.7 Å². The van der Waals surface area contributed by atoms with Crippen LogP contribution in [0, 0.1) is 18.6 Å². The van der Waals surface area contributed by atoms with Gasteiger partial charge in [0.2, 0.25) is 11.9 Å². The minimum atomic E-state index is -1.05. The Morgan fingerprint density at radius 1 is 1.00 bits per heavy atom. The number of benzene rings is 3. The van der Waals surface area contributed by atoms with E-state index >= 15 is 8.78 Å². The maximum absolute atomic E-state index is 15.2. The van der Waals surface area contributed by atoms with E-state index < -0.39 is 23.5 Å². The van der Waals surface area contributed by atoms with Gasteiger partial charge in [-0.3, -0.25) is 9.69 Å². The lowest BCUT2D eigenvalue weighted by Gasteiger charge is -2.43. The van der Waals surface area contributed by atoms with Gasteiger partial charge in [0.05, 0.1) is 35.5 Å². The van der Waals surface area contributed by atoms with Gasteiger partial charge in [-0.25, -0.2) is 8.78 Å². The Kier molecular flexibility index (Phi) is 13.4. The van der Waals surface area contributed by atoms with Crippen LogP contribution in [-0.4, -0.2) is 116 Å². The van der Waals surface area contributed by atoms with Crippen LogP contribution in [0.2, 0.25) is 0 Å². The highest BCUT2D eigenvalue weighted by Gasteiger charge is 2.30. The molecule has 2 saturated heterocycles. The third kappa shape index (κ3) is 9.18. The Labute approximate surface area is 366 Å². The lowest BCUT2D eigenvalue weighted by atomic mass is 9.91. The van der Waals surface area contributed by atoms with Crippen LogP contribution in [-0.2, 0) is 22.4 Å². The van der Waals surface area contributed by atoms with E-state index in [1.54, 1.807) is 19.1 Å². The van der Waals surface area contributed by atoms with Gasteiger partial charge in [0.1, 0.15) is 35.1 Å². The number of para-hydroxylation sites is 1. The lowest BCUT2D eigenvalue weighted by Crippen LogP contribution is -2.53. The van der Waals surface area contributed by atoms with Crippen LogP contribution < -0.4 is 29.9 Å². The van der Waals surface area contributed by atoms with Gasteiger partial charge < -0.3 is 44.6 Å². The second kappa shape index (κ2) is 19.3. The van der Waals surface area contributed by atoms with Crippen LogP contribution in [0.4, 0.5) is 43.3 Å². The molecule has 2 aromatic heterocycles. The third-order valence-corrected chi connectivity index (χ3v) is 13.5. The van der Waals surface area contributed by atoms with E-state index in [1.165, 1.54) is 30.4 Å². The number of rotatable bonds is 16. The Hall–Kier alpha value is -5.45. The van der Waals surface area contributed by atoms with Crippen molar-refractivity contribution in [1.82, 2.24) is 30.1 Å². The zero-order valence-corrected chi connectivity index (χ0v) is 36.7. The molecule has 16 heteroatoms. The zero-order valence-electron chi connectivity index (χ0n) is 35.9. The number of halogens is 2. The summed E-state index contributed by atoms with van der Waals surface area (Å²) in [5.74, 6) is -1.15. The Bertz CT molecular complexity index is 2380. The second-order valence-electron chi connectivity index (χ2n) is 16.3. The number of aryl methyl sites for hydroxylation is 1. The number of methoxy groups -OCH3 is 1. The van der Waals surface area contributed by atoms with E-state index in [1.807, 2.05) is 12.3 Å². The minimum Gasteiger partial charge on any atom is -0.494 e. The van der Waals surface area contributed by atoms with Crippen molar-refractivity contribution in [2.24, 2.45) is 0 Å². The molecule has 328 valence electrons. The van der Waals surface area contributed by atoms with Crippen LogP contribution >= 0.6 is 11.9 Å². The number of nitrogens with one attached hydrogen (secondary N) is 4. The van der Waals surface area contributed by atoms with Crippen molar-refractivity contribution in [2.75, 3.05) is 92.6 Å². The van der Waals surface area contributed by atoms with Gasteiger partial charge in [-0.05, 0) is 86.1 Å². The van der Waals surface area contributed by atoms with Crippen LogP contribution in [0.15, 0.2) is 54.7 Å².